The van der Waals surface area contributed by atoms with Crippen molar-refractivity contribution in [3.63, 3.8) is 0 Å². The minimum Gasteiger partial charge on any atom is -0.478 e. The van der Waals surface area contributed by atoms with Crippen LogP contribution < -0.4 is 5.32 Å². The molecule has 24 heavy (non-hydrogen) atoms. The Morgan fingerprint density at radius 3 is 2.88 bits per heavy atom. The van der Waals surface area contributed by atoms with Crippen LogP contribution in [0, 0.1) is 0 Å². The van der Waals surface area contributed by atoms with E-state index in [1.165, 1.54) is 5.52 Å². The summed E-state index contributed by atoms with van der Waals surface area (Å²) < 4.78 is 2.17. The maximum atomic E-state index is 11.6. The van der Waals surface area contributed by atoms with E-state index in [0.29, 0.717) is 11.7 Å². The van der Waals surface area contributed by atoms with E-state index in [4.69, 9.17) is 0 Å². The number of nitrogens with one attached hydrogen (secondary N) is 1. The molecular formula is C19H19N3O2. The zero-order valence-electron chi connectivity index (χ0n) is 13.5. The van der Waals surface area contributed by atoms with Gasteiger partial charge in [0.1, 0.15) is 11.4 Å². The zero-order valence-corrected chi connectivity index (χ0v) is 13.5. The minimum absolute atomic E-state index is 0.227. The van der Waals surface area contributed by atoms with E-state index in [0.717, 1.165) is 36.0 Å². The summed E-state index contributed by atoms with van der Waals surface area (Å²) in [6, 6.07) is 9.83. The highest BCUT2D eigenvalue weighted by molar-refractivity contribution is 5.94. The van der Waals surface area contributed by atoms with E-state index < -0.39 is 5.97 Å². The molecule has 0 atom stereocenters. The first-order valence-corrected chi connectivity index (χ1v) is 8.25. The molecule has 2 aromatic heterocycles. The molecule has 0 amide bonds. The Bertz CT molecular complexity index is 926. The number of hydrogen-bond acceptors (Lipinski definition) is 3. The van der Waals surface area contributed by atoms with Crippen LogP contribution >= 0.6 is 0 Å². The summed E-state index contributed by atoms with van der Waals surface area (Å²) in [7, 11) is 0. The van der Waals surface area contributed by atoms with Gasteiger partial charge in [-0.2, -0.15) is 0 Å². The largest absolute Gasteiger partial charge is 0.478 e. The van der Waals surface area contributed by atoms with Crippen LogP contribution in [0.25, 0.3) is 10.9 Å². The van der Waals surface area contributed by atoms with Crippen molar-refractivity contribution in [2.75, 3.05) is 5.32 Å². The average molecular weight is 321 g/mol. The number of rotatable bonds is 5. The lowest BCUT2D eigenvalue weighted by molar-refractivity contribution is 0.0697. The lowest BCUT2D eigenvalue weighted by Crippen LogP contribution is -2.06. The van der Waals surface area contributed by atoms with Gasteiger partial charge in [-0.3, -0.25) is 0 Å². The van der Waals surface area contributed by atoms with Crippen LogP contribution in [0.3, 0.4) is 0 Å². The molecule has 1 saturated carbocycles. The number of carboxylic acids is 1. The molecule has 0 aliphatic heterocycles. The molecule has 1 fully saturated rings. The first-order chi connectivity index (χ1) is 11.7. The number of hydrogen-bond donors (Lipinski definition) is 2. The third-order valence-electron chi connectivity index (χ3n) is 4.56. The summed E-state index contributed by atoms with van der Waals surface area (Å²) >= 11 is 0. The van der Waals surface area contributed by atoms with Gasteiger partial charge in [0, 0.05) is 35.5 Å². The zero-order chi connectivity index (χ0) is 16.7. The predicted molar refractivity (Wildman–Crippen MR) is 94.1 cm³/mol. The van der Waals surface area contributed by atoms with E-state index in [2.05, 4.69) is 34.1 Å². The highest BCUT2D eigenvalue weighted by Gasteiger charge is 2.25. The molecule has 122 valence electrons. The molecule has 2 N–H and O–H groups in total. The monoisotopic (exact) mass is 321 g/mol. The molecular weight excluding hydrogens is 302 g/mol. The quantitative estimate of drug-likeness (QED) is 0.732. The molecule has 1 aliphatic carbocycles. The number of aryl methyl sites for hydroxylation is 1. The van der Waals surface area contributed by atoms with Gasteiger partial charge in [-0.05, 0) is 61.6 Å². The second-order valence-electron chi connectivity index (χ2n) is 6.24. The fourth-order valence-electron chi connectivity index (χ4n) is 3.07. The SMILES string of the molecule is CCn1ccc2cc(Nc3ncc(C4CC4)cc3C(=O)O)ccc21. The van der Waals surface area contributed by atoms with Crippen molar-refractivity contribution < 1.29 is 9.90 Å². The molecule has 0 saturated heterocycles. The van der Waals surface area contributed by atoms with Crippen molar-refractivity contribution in [3.8, 4) is 0 Å². The summed E-state index contributed by atoms with van der Waals surface area (Å²) in [4.78, 5) is 15.9. The van der Waals surface area contributed by atoms with Gasteiger partial charge >= 0.3 is 5.97 Å². The van der Waals surface area contributed by atoms with Gasteiger partial charge in [-0.25, -0.2) is 9.78 Å². The normalized spacial score (nSPS) is 14.0. The predicted octanol–water partition coefficient (Wildman–Crippen LogP) is 4.38. The van der Waals surface area contributed by atoms with Crippen LogP contribution in [0.1, 0.15) is 41.6 Å². The fourth-order valence-corrected chi connectivity index (χ4v) is 3.07. The number of benzene rings is 1. The van der Waals surface area contributed by atoms with Crippen LogP contribution in [-0.2, 0) is 6.54 Å². The van der Waals surface area contributed by atoms with Crippen LogP contribution in [0.2, 0.25) is 0 Å². The Morgan fingerprint density at radius 1 is 1.33 bits per heavy atom. The first-order valence-electron chi connectivity index (χ1n) is 8.25. The molecule has 0 unspecified atom stereocenters. The molecule has 4 rings (SSSR count). The van der Waals surface area contributed by atoms with Crippen molar-refractivity contribution >= 4 is 28.4 Å². The van der Waals surface area contributed by atoms with Gasteiger partial charge in [-0.1, -0.05) is 0 Å². The highest BCUT2D eigenvalue weighted by Crippen LogP contribution is 2.40. The molecule has 2 heterocycles. The Balaban J connectivity index is 1.68. The smallest absolute Gasteiger partial charge is 0.339 e. The number of carboxylic acid groups (broad SMARTS) is 1. The Labute approximate surface area is 139 Å². The van der Waals surface area contributed by atoms with Crippen LogP contribution in [0.5, 0.6) is 0 Å². The van der Waals surface area contributed by atoms with E-state index in [1.54, 1.807) is 12.3 Å². The van der Waals surface area contributed by atoms with E-state index in [-0.39, 0.29) is 5.56 Å². The second kappa shape index (κ2) is 5.67. The lowest BCUT2D eigenvalue weighted by atomic mass is 10.1. The topological polar surface area (TPSA) is 67.2 Å². The summed E-state index contributed by atoms with van der Waals surface area (Å²) in [5, 5.41) is 13.8. The van der Waals surface area contributed by atoms with Crippen molar-refractivity contribution in [1.29, 1.82) is 0 Å². The molecule has 5 nitrogen and oxygen atoms in total. The lowest BCUT2D eigenvalue weighted by Gasteiger charge is -2.11. The standard InChI is InChI=1S/C19H19N3O2/c1-2-22-8-7-13-9-15(5-6-17(13)22)21-18-16(19(23)24)10-14(11-20-18)12-3-4-12/h5-12H,2-4H2,1H3,(H,20,21)(H,23,24). The summed E-state index contributed by atoms with van der Waals surface area (Å²) in [6.45, 7) is 3.03. The van der Waals surface area contributed by atoms with Crippen molar-refractivity contribution in [1.82, 2.24) is 9.55 Å². The number of carbonyl (C=O) groups is 1. The van der Waals surface area contributed by atoms with E-state index in [9.17, 15) is 9.90 Å². The first kappa shape index (κ1) is 14.8. The summed E-state index contributed by atoms with van der Waals surface area (Å²) in [6.07, 6.45) is 6.09. The Kier molecular flexibility index (Phi) is 3.49. The van der Waals surface area contributed by atoms with Crippen LogP contribution in [0.15, 0.2) is 42.7 Å². The highest BCUT2D eigenvalue weighted by atomic mass is 16.4. The van der Waals surface area contributed by atoms with Gasteiger partial charge in [-0.15, -0.1) is 0 Å². The molecule has 3 aromatic rings. The number of aromatic nitrogens is 2. The van der Waals surface area contributed by atoms with Gasteiger partial charge in [0.2, 0.25) is 0 Å². The van der Waals surface area contributed by atoms with Gasteiger partial charge in [0.25, 0.3) is 0 Å². The molecule has 0 spiro atoms. The number of fused-ring (bicyclic) bond motifs is 1. The van der Waals surface area contributed by atoms with Crippen LogP contribution in [-0.4, -0.2) is 20.6 Å². The number of nitrogens with zero attached hydrogens (tertiary/aromatic N) is 2. The van der Waals surface area contributed by atoms with Crippen molar-refractivity contribution in [3.05, 3.63) is 53.9 Å². The van der Waals surface area contributed by atoms with Crippen molar-refractivity contribution in [2.45, 2.75) is 32.2 Å². The van der Waals surface area contributed by atoms with Crippen LogP contribution in [0.4, 0.5) is 11.5 Å². The minimum atomic E-state index is -0.953. The fraction of sp³-hybridized carbons (Fsp3) is 0.263. The maximum Gasteiger partial charge on any atom is 0.339 e. The molecule has 1 aromatic carbocycles. The van der Waals surface area contributed by atoms with E-state index >= 15 is 0 Å². The summed E-state index contributed by atoms with van der Waals surface area (Å²) in [5.74, 6) is -0.0818. The van der Waals surface area contributed by atoms with E-state index in [1.807, 2.05) is 18.2 Å². The van der Waals surface area contributed by atoms with Crippen molar-refractivity contribution in [2.24, 2.45) is 0 Å². The molecule has 0 radical (unpaired) electrons. The van der Waals surface area contributed by atoms with Gasteiger partial charge in [0.15, 0.2) is 0 Å². The Hall–Kier alpha value is -2.82. The number of aromatic carboxylic acids is 1. The molecule has 1 aliphatic rings. The number of anilines is 2. The second-order valence-corrected chi connectivity index (χ2v) is 6.24. The average Bonchev–Trinajstić information content (AvgIpc) is 3.35. The third kappa shape index (κ3) is 2.62. The third-order valence-corrected chi connectivity index (χ3v) is 4.56. The maximum absolute atomic E-state index is 11.6. The van der Waals surface area contributed by atoms with Gasteiger partial charge < -0.3 is 15.0 Å². The summed E-state index contributed by atoms with van der Waals surface area (Å²) in [5.41, 5.74) is 3.25. The number of pyridine rings is 1. The molecule has 0 bridgehead atoms. The molecule has 5 heteroatoms. The Morgan fingerprint density at radius 2 is 2.17 bits per heavy atom. The van der Waals surface area contributed by atoms with Gasteiger partial charge in [0.05, 0.1) is 0 Å².